The van der Waals surface area contributed by atoms with Gasteiger partial charge in [-0.2, -0.15) is 8.42 Å². The molecule has 1 unspecified atom stereocenters. The van der Waals surface area contributed by atoms with Gasteiger partial charge in [-0.15, -0.1) is 6.58 Å². The van der Waals surface area contributed by atoms with Crippen LogP contribution in [0.5, 0.6) is 0 Å². The SMILES string of the molecule is C=CCC(CC(=O)[O-])(C(=O)OCCCCCC)S(=O)(=O)O.[K+]. The predicted molar refractivity (Wildman–Crippen MR) is 73.8 cm³/mol. The number of carbonyl (C=O) groups excluding carboxylic acids is 2. The first-order valence-corrected chi connectivity index (χ1v) is 8.10. The minimum atomic E-state index is -5.00. The van der Waals surface area contributed by atoms with Gasteiger partial charge in [0.05, 0.1) is 6.61 Å². The first-order valence-electron chi connectivity index (χ1n) is 6.66. The molecule has 0 amide bonds. The molecule has 22 heavy (non-hydrogen) atoms. The zero-order valence-corrected chi connectivity index (χ0v) is 17.0. The van der Waals surface area contributed by atoms with Crippen molar-refractivity contribution in [1.29, 1.82) is 0 Å². The van der Waals surface area contributed by atoms with Gasteiger partial charge in [-0.1, -0.05) is 32.3 Å². The van der Waals surface area contributed by atoms with E-state index in [2.05, 4.69) is 6.58 Å². The molecule has 7 nitrogen and oxygen atoms in total. The Kier molecular flexibility index (Phi) is 13.0. The zero-order valence-electron chi connectivity index (χ0n) is 13.0. The molecule has 1 atom stereocenters. The van der Waals surface area contributed by atoms with Crippen LogP contribution in [0.4, 0.5) is 0 Å². The number of esters is 1. The van der Waals surface area contributed by atoms with Crippen LogP contribution in [0.2, 0.25) is 0 Å². The summed E-state index contributed by atoms with van der Waals surface area (Å²) in [5, 5.41) is 10.7. The van der Waals surface area contributed by atoms with Crippen molar-refractivity contribution < 1.29 is 83.8 Å². The molecule has 0 heterocycles. The van der Waals surface area contributed by atoms with Crippen molar-refractivity contribution in [2.24, 2.45) is 0 Å². The molecule has 0 aromatic heterocycles. The number of carboxylic acids is 1. The van der Waals surface area contributed by atoms with Crippen LogP contribution in [-0.2, 0) is 24.4 Å². The molecule has 0 radical (unpaired) electrons. The number of ether oxygens (including phenoxy) is 1. The summed E-state index contributed by atoms with van der Waals surface area (Å²) in [6, 6.07) is 0. The van der Waals surface area contributed by atoms with Gasteiger partial charge >= 0.3 is 57.4 Å². The van der Waals surface area contributed by atoms with Crippen molar-refractivity contribution in [1.82, 2.24) is 0 Å². The number of allylic oxidation sites excluding steroid dienone is 1. The molecule has 0 saturated heterocycles. The van der Waals surface area contributed by atoms with Crippen molar-refractivity contribution >= 4 is 22.1 Å². The van der Waals surface area contributed by atoms with E-state index in [1.807, 2.05) is 6.92 Å². The number of hydrogen-bond acceptors (Lipinski definition) is 6. The van der Waals surface area contributed by atoms with Crippen LogP contribution in [-0.4, -0.2) is 36.3 Å². The second-order valence-electron chi connectivity index (χ2n) is 4.71. The Labute approximate surface area is 173 Å². The van der Waals surface area contributed by atoms with Crippen molar-refractivity contribution in [3.8, 4) is 0 Å². The number of carboxylic acid groups (broad SMARTS) is 1. The smallest absolute Gasteiger partial charge is 0.550 e. The van der Waals surface area contributed by atoms with Crippen molar-refractivity contribution in [3.05, 3.63) is 12.7 Å². The van der Waals surface area contributed by atoms with Gasteiger partial charge in [0.1, 0.15) is 0 Å². The number of hydrogen-bond donors (Lipinski definition) is 1. The molecule has 0 aliphatic heterocycles. The van der Waals surface area contributed by atoms with Gasteiger partial charge < -0.3 is 14.6 Å². The van der Waals surface area contributed by atoms with Gasteiger partial charge in [0.25, 0.3) is 10.1 Å². The third-order valence-corrected chi connectivity index (χ3v) is 4.47. The number of rotatable bonds is 11. The van der Waals surface area contributed by atoms with Crippen molar-refractivity contribution in [2.75, 3.05) is 6.61 Å². The van der Waals surface area contributed by atoms with E-state index in [0.717, 1.165) is 25.3 Å². The molecule has 0 saturated carbocycles. The second kappa shape index (κ2) is 11.7. The van der Waals surface area contributed by atoms with Crippen molar-refractivity contribution in [3.63, 3.8) is 0 Å². The average Bonchev–Trinajstić information content (AvgIpc) is 2.35. The Hall–Kier alpha value is 0.226. The topological polar surface area (TPSA) is 121 Å². The Bertz CT molecular complexity index is 475. The quantitative estimate of drug-likeness (QED) is 0.142. The van der Waals surface area contributed by atoms with E-state index < -0.39 is 39.6 Å². The summed E-state index contributed by atoms with van der Waals surface area (Å²) in [7, 11) is -5.00. The summed E-state index contributed by atoms with van der Waals surface area (Å²) in [5.41, 5.74) is 0. The molecule has 0 aromatic rings. The molecule has 0 fully saturated rings. The fraction of sp³-hybridized carbons (Fsp3) is 0.692. The van der Waals surface area contributed by atoms with E-state index >= 15 is 0 Å². The van der Waals surface area contributed by atoms with E-state index in [0.29, 0.717) is 6.42 Å². The number of unbranched alkanes of at least 4 members (excludes halogenated alkanes) is 3. The third kappa shape index (κ3) is 7.67. The predicted octanol–water partition coefficient (Wildman–Crippen LogP) is -2.54. The van der Waals surface area contributed by atoms with Gasteiger partial charge in [-0.05, 0) is 12.8 Å². The van der Waals surface area contributed by atoms with Crippen LogP contribution >= 0.6 is 0 Å². The van der Waals surface area contributed by atoms with Gasteiger partial charge in [0.15, 0.2) is 0 Å². The Morgan fingerprint density at radius 3 is 2.32 bits per heavy atom. The van der Waals surface area contributed by atoms with E-state index in [1.54, 1.807) is 0 Å². The summed E-state index contributed by atoms with van der Waals surface area (Å²) in [6.07, 6.45) is 2.51. The first kappa shape index (κ1) is 24.5. The Morgan fingerprint density at radius 2 is 1.91 bits per heavy atom. The minimum absolute atomic E-state index is 0. The summed E-state index contributed by atoms with van der Waals surface area (Å²) >= 11 is 0. The molecule has 0 aromatic carbocycles. The van der Waals surface area contributed by atoms with Crippen LogP contribution < -0.4 is 56.5 Å². The summed E-state index contributed by atoms with van der Waals surface area (Å²) < 4.78 is 34.4. The normalized spacial score (nSPS) is 13.5. The van der Waals surface area contributed by atoms with Gasteiger partial charge in [0, 0.05) is 12.4 Å². The Morgan fingerprint density at radius 1 is 1.32 bits per heavy atom. The van der Waals surface area contributed by atoms with Crippen LogP contribution in [0.3, 0.4) is 0 Å². The fourth-order valence-corrected chi connectivity index (χ4v) is 2.72. The molecule has 122 valence electrons. The number of carbonyl (C=O) groups is 2. The molecule has 1 N–H and O–H groups in total. The summed E-state index contributed by atoms with van der Waals surface area (Å²) in [5.74, 6) is -3.08. The molecular formula is C13H21KO7S. The maximum atomic E-state index is 12.0. The van der Waals surface area contributed by atoms with Crippen LogP contribution in [0.25, 0.3) is 0 Å². The third-order valence-electron chi connectivity index (χ3n) is 3.00. The molecule has 0 bridgehead atoms. The van der Waals surface area contributed by atoms with Crippen molar-refractivity contribution in [2.45, 2.75) is 50.2 Å². The standard InChI is InChI=1S/C13H22O7S.K/c1-3-5-6-7-9-20-12(16)13(8-4-2,10-11(14)15)21(17,18)19;/h4H,2-3,5-10H2,1H3,(H,14,15)(H,17,18,19);/q;+1/p-1. The van der Waals surface area contributed by atoms with Crippen LogP contribution in [0.1, 0.15) is 45.4 Å². The monoisotopic (exact) mass is 360 g/mol. The average molecular weight is 360 g/mol. The van der Waals surface area contributed by atoms with Gasteiger partial charge in [0.2, 0.25) is 4.75 Å². The van der Waals surface area contributed by atoms with E-state index in [4.69, 9.17) is 4.74 Å². The van der Waals surface area contributed by atoms with Crippen LogP contribution in [0, 0.1) is 0 Å². The summed E-state index contributed by atoms with van der Waals surface area (Å²) in [6.45, 7) is 5.23. The molecule has 0 aliphatic rings. The van der Waals surface area contributed by atoms with E-state index in [9.17, 15) is 27.7 Å². The largest absolute Gasteiger partial charge is 1.00 e. The molecule has 0 aliphatic carbocycles. The summed E-state index contributed by atoms with van der Waals surface area (Å²) in [4.78, 5) is 22.7. The number of aliphatic carboxylic acids is 1. The molecular weight excluding hydrogens is 339 g/mol. The van der Waals surface area contributed by atoms with Gasteiger partial charge in [-0.3, -0.25) is 9.35 Å². The van der Waals surface area contributed by atoms with E-state index in [1.165, 1.54) is 0 Å². The maximum Gasteiger partial charge on any atom is 1.00 e. The molecule has 0 rings (SSSR count). The minimum Gasteiger partial charge on any atom is -0.550 e. The molecule has 9 heteroatoms. The van der Waals surface area contributed by atoms with Gasteiger partial charge in [-0.25, -0.2) is 0 Å². The maximum absolute atomic E-state index is 12.0. The van der Waals surface area contributed by atoms with Crippen LogP contribution in [0.15, 0.2) is 12.7 Å². The van der Waals surface area contributed by atoms with E-state index in [-0.39, 0.29) is 58.0 Å². The fourth-order valence-electron chi connectivity index (χ4n) is 1.82. The second-order valence-corrected chi connectivity index (χ2v) is 6.44. The zero-order chi connectivity index (χ0) is 16.5. The first-order chi connectivity index (χ1) is 9.71. The Balaban J connectivity index is 0. The molecule has 0 spiro atoms.